The number of rotatable bonds is 7. The molecule has 0 aliphatic rings. The summed E-state index contributed by atoms with van der Waals surface area (Å²) in [7, 11) is 0. The Labute approximate surface area is 205 Å². The van der Waals surface area contributed by atoms with Crippen LogP contribution in [0.1, 0.15) is 27.6 Å². The van der Waals surface area contributed by atoms with Gasteiger partial charge in [-0.05, 0) is 41.5 Å². The van der Waals surface area contributed by atoms with E-state index in [1.165, 1.54) is 11.3 Å². The Morgan fingerprint density at radius 2 is 1.65 bits per heavy atom. The summed E-state index contributed by atoms with van der Waals surface area (Å²) in [6.45, 7) is 1.39. The molecular formula is C26H20ClNO5S. The van der Waals surface area contributed by atoms with Crippen molar-refractivity contribution in [3.8, 4) is 11.1 Å². The van der Waals surface area contributed by atoms with Crippen LogP contribution in [0.3, 0.4) is 0 Å². The molecule has 8 heteroatoms. The molecule has 4 aromatic rings. The number of fused-ring (bicyclic) bond motifs is 1. The highest BCUT2D eigenvalue weighted by Crippen LogP contribution is 2.36. The van der Waals surface area contributed by atoms with E-state index < -0.39 is 24.5 Å². The molecule has 0 saturated carbocycles. The maximum Gasteiger partial charge on any atom is 0.341 e. The highest BCUT2D eigenvalue weighted by atomic mass is 35.5. The normalized spacial score (nSPS) is 10.6. The molecule has 0 saturated heterocycles. The number of thiophene rings is 1. The second kappa shape index (κ2) is 10.5. The molecule has 3 aromatic carbocycles. The van der Waals surface area contributed by atoms with Crippen LogP contribution in [0.15, 0.2) is 72.1 Å². The van der Waals surface area contributed by atoms with E-state index in [-0.39, 0.29) is 12.2 Å². The van der Waals surface area contributed by atoms with Crippen molar-refractivity contribution < 1.29 is 23.9 Å². The van der Waals surface area contributed by atoms with Gasteiger partial charge in [-0.3, -0.25) is 4.79 Å². The van der Waals surface area contributed by atoms with Crippen LogP contribution in [0, 0.1) is 0 Å². The Balaban J connectivity index is 1.50. The molecule has 0 aliphatic carbocycles. The Hall–Kier alpha value is -3.68. The van der Waals surface area contributed by atoms with E-state index in [1.807, 2.05) is 30.3 Å². The minimum atomic E-state index is -0.606. The number of esters is 2. The van der Waals surface area contributed by atoms with Crippen molar-refractivity contribution in [3.63, 3.8) is 0 Å². The molecule has 172 valence electrons. The lowest BCUT2D eigenvalue weighted by atomic mass is 10.0. The highest BCUT2D eigenvalue weighted by molar-refractivity contribution is 7.15. The molecule has 1 N–H and O–H groups in total. The maximum absolute atomic E-state index is 12.7. The number of anilines is 1. The molecule has 34 heavy (non-hydrogen) atoms. The zero-order valence-electron chi connectivity index (χ0n) is 18.2. The molecule has 0 unspecified atom stereocenters. The first-order valence-electron chi connectivity index (χ1n) is 10.5. The van der Waals surface area contributed by atoms with Crippen LogP contribution in [-0.4, -0.2) is 31.1 Å². The third kappa shape index (κ3) is 5.11. The molecular weight excluding hydrogens is 474 g/mol. The van der Waals surface area contributed by atoms with Crippen LogP contribution in [-0.2, 0) is 14.3 Å². The summed E-state index contributed by atoms with van der Waals surface area (Å²) >= 11 is 7.16. The average Bonchev–Trinajstić information content (AvgIpc) is 3.26. The fourth-order valence-electron chi connectivity index (χ4n) is 3.47. The number of ether oxygens (including phenoxy) is 2. The number of halogens is 1. The molecule has 4 rings (SSSR count). The lowest BCUT2D eigenvalue weighted by molar-refractivity contribution is -0.119. The van der Waals surface area contributed by atoms with Gasteiger partial charge in [0.1, 0.15) is 10.6 Å². The van der Waals surface area contributed by atoms with Crippen LogP contribution < -0.4 is 5.32 Å². The second-order valence-corrected chi connectivity index (χ2v) is 8.55. The summed E-state index contributed by atoms with van der Waals surface area (Å²) in [5.41, 5.74) is 1.98. The fourth-order valence-corrected chi connectivity index (χ4v) is 4.57. The third-order valence-corrected chi connectivity index (χ3v) is 6.17. The first kappa shape index (κ1) is 23.5. The quantitative estimate of drug-likeness (QED) is 0.310. The number of nitrogens with one attached hydrogen (secondary N) is 1. The van der Waals surface area contributed by atoms with Crippen LogP contribution >= 0.6 is 22.9 Å². The summed E-state index contributed by atoms with van der Waals surface area (Å²) in [6, 6.07) is 19.7. The number of benzene rings is 3. The van der Waals surface area contributed by atoms with Crippen molar-refractivity contribution in [1.82, 2.24) is 0 Å². The van der Waals surface area contributed by atoms with Gasteiger partial charge in [0.2, 0.25) is 0 Å². The van der Waals surface area contributed by atoms with Crippen LogP contribution in [0.2, 0.25) is 5.02 Å². The zero-order valence-corrected chi connectivity index (χ0v) is 19.7. The van der Waals surface area contributed by atoms with Crippen LogP contribution in [0.25, 0.3) is 21.9 Å². The summed E-state index contributed by atoms with van der Waals surface area (Å²) in [5, 5.41) is 6.95. The average molecular weight is 494 g/mol. The van der Waals surface area contributed by atoms with Crippen molar-refractivity contribution in [1.29, 1.82) is 0 Å². The van der Waals surface area contributed by atoms with Gasteiger partial charge in [0, 0.05) is 16.0 Å². The van der Waals surface area contributed by atoms with Gasteiger partial charge >= 0.3 is 11.9 Å². The van der Waals surface area contributed by atoms with E-state index >= 15 is 0 Å². The van der Waals surface area contributed by atoms with Crippen molar-refractivity contribution in [2.75, 3.05) is 18.5 Å². The minimum Gasteiger partial charge on any atom is -0.462 e. The summed E-state index contributed by atoms with van der Waals surface area (Å²) in [4.78, 5) is 37.9. The molecule has 1 heterocycles. The number of carbonyl (C=O) groups excluding carboxylic acids is 3. The van der Waals surface area contributed by atoms with Gasteiger partial charge in [0.25, 0.3) is 5.91 Å². The van der Waals surface area contributed by atoms with Crippen molar-refractivity contribution in [2.24, 2.45) is 0 Å². The number of hydrogen-bond donors (Lipinski definition) is 1. The molecule has 0 fully saturated rings. The van der Waals surface area contributed by atoms with Gasteiger partial charge in [0.15, 0.2) is 6.61 Å². The summed E-state index contributed by atoms with van der Waals surface area (Å²) < 4.78 is 10.4. The topological polar surface area (TPSA) is 81.7 Å². The van der Waals surface area contributed by atoms with Gasteiger partial charge < -0.3 is 14.8 Å². The van der Waals surface area contributed by atoms with Crippen LogP contribution in [0.5, 0.6) is 0 Å². The summed E-state index contributed by atoms with van der Waals surface area (Å²) in [5.74, 6) is -1.73. The Kier molecular flexibility index (Phi) is 7.25. The molecule has 0 aliphatic heterocycles. The van der Waals surface area contributed by atoms with E-state index in [1.54, 1.807) is 48.7 Å². The number of amides is 1. The molecule has 6 nitrogen and oxygen atoms in total. The summed E-state index contributed by atoms with van der Waals surface area (Å²) in [6.07, 6.45) is 0. The van der Waals surface area contributed by atoms with Crippen molar-refractivity contribution in [3.05, 3.63) is 88.3 Å². The van der Waals surface area contributed by atoms with Crippen molar-refractivity contribution >= 4 is 56.6 Å². The van der Waals surface area contributed by atoms with E-state index in [0.29, 0.717) is 21.2 Å². The van der Waals surface area contributed by atoms with E-state index in [4.69, 9.17) is 21.1 Å². The van der Waals surface area contributed by atoms with E-state index in [0.717, 1.165) is 16.3 Å². The Morgan fingerprint density at radius 3 is 2.41 bits per heavy atom. The SMILES string of the molecule is CCOC(=O)c1c(-c2ccc(Cl)cc2)csc1NC(=O)COC(=O)c1cccc2ccccc12. The zero-order chi connectivity index (χ0) is 24.1. The molecule has 0 spiro atoms. The standard InChI is InChI=1S/C26H20ClNO5S/c1-2-32-26(31)23-21(17-10-12-18(27)13-11-17)15-34-24(23)28-22(29)14-33-25(30)20-9-5-7-16-6-3-4-8-19(16)20/h3-13,15H,2,14H2,1H3,(H,28,29). The Morgan fingerprint density at radius 1 is 0.912 bits per heavy atom. The number of hydrogen-bond acceptors (Lipinski definition) is 6. The second-order valence-electron chi connectivity index (χ2n) is 7.23. The monoisotopic (exact) mass is 493 g/mol. The van der Waals surface area contributed by atoms with Gasteiger partial charge in [-0.2, -0.15) is 0 Å². The van der Waals surface area contributed by atoms with Gasteiger partial charge in [-0.25, -0.2) is 9.59 Å². The number of carbonyl (C=O) groups is 3. The predicted molar refractivity (Wildman–Crippen MR) is 134 cm³/mol. The Bertz CT molecular complexity index is 1360. The molecule has 0 atom stereocenters. The minimum absolute atomic E-state index is 0.185. The van der Waals surface area contributed by atoms with Gasteiger partial charge in [0.05, 0.1) is 12.2 Å². The fraction of sp³-hybridized carbons (Fsp3) is 0.115. The largest absolute Gasteiger partial charge is 0.462 e. The third-order valence-electron chi connectivity index (χ3n) is 5.02. The highest BCUT2D eigenvalue weighted by Gasteiger charge is 2.23. The molecule has 0 radical (unpaired) electrons. The lowest BCUT2D eigenvalue weighted by Gasteiger charge is -2.10. The van der Waals surface area contributed by atoms with Crippen LogP contribution in [0.4, 0.5) is 5.00 Å². The first-order chi connectivity index (χ1) is 16.5. The molecule has 0 bridgehead atoms. The van der Waals surface area contributed by atoms with Gasteiger partial charge in [-0.1, -0.05) is 60.1 Å². The first-order valence-corrected chi connectivity index (χ1v) is 11.7. The lowest BCUT2D eigenvalue weighted by Crippen LogP contribution is -2.22. The maximum atomic E-state index is 12.7. The van der Waals surface area contributed by atoms with E-state index in [9.17, 15) is 14.4 Å². The smallest absolute Gasteiger partial charge is 0.341 e. The van der Waals surface area contributed by atoms with E-state index in [2.05, 4.69) is 5.32 Å². The van der Waals surface area contributed by atoms with Crippen molar-refractivity contribution in [2.45, 2.75) is 6.92 Å². The molecule has 1 aromatic heterocycles. The molecule has 1 amide bonds. The predicted octanol–water partition coefficient (Wildman–Crippen LogP) is 6.19. The van der Waals surface area contributed by atoms with Gasteiger partial charge in [-0.15, -0.1) is 11.3 Å².